The Morgan fingerprint density at radius 3 is 2.50 bits per heavy atom. The molecule has 1 heterocycles. The molecular formula is C25H37N5O2. The van der Waals surface area contributed by atoms with E-state index in [4.69, 9.17) is 0 Å². The van der Waals surface area contributed by atoms with Crippen molar-refractivity contribution in [3.8, 4) is 0 Å². The minimum Gasteiger partial charge on any atom is -0.353 e. The van der Waals surface area contributed by atoms with E-state index in [1.165, 1.54) is 24.0 Å². The Morgan fingerprint density at radius 2 is 1.75 bits per heavy atom. The van der Waals surface area contributed by atoms with Gasteiger partial charge in [-0.2, -0.15) is 0 Å². The quantitative estimate of drug-likeness (QED) is 0.543. The second-order valence-electron chi connectivity index (χ2n) is 9.70. The summed E-state index contributed by atoms with van der Waals surface area (Å²) in [5.41, 5.74) is 2.81. The van der Waals surface area contributed by atoms with Gasteiger partial charge in [-0.3, -0.25) is 9.59 Å². The largest absolute Gasteiger partial charge is 0.353 e. The van der Waals surface area contributed by atoms with Gasteiger partial charge in [0.2, 0.25) is 11.8 Å². The van der Waals surface area contributed by atoms with Crippen LogP contribution in [0.4, 0.5) is 0 Å². The van der Waals surface area contributed by atoms with Gasteiger partial charge in [0.15, 0.2) is 5.96 Å². The van der Waals surface area contributed by atoms with Gasteiger partial charge in [0, 0.05) is 45.2 Å². The van der Waals surface area contributed by atoms with E-state index in [2.05, 4.69) is 39.9 Å². The topological polar surface area (TPSA) is 77.0 Å². The molecule has 1 aliphatic heterocycles. The summed E-state index contributed by atoms with van der Waals surface area (Å²) in [6.07, 6.45) is 8.38. The Kier molecular flexibility index (Phi) is 7.33. The molecule has 1 saturated heterocycles. The molecule has 0 radical (unpaired) electrons. The Bertz CT molecular complexity index is 846. The third kappa shape index (κ3) is 5.61. The molecular weight excluding hydrogens is 402 g/mol. The average Bonchev–Trinajstić information content (AvgIpc) is 3.49. The lowest BCUT2D eigenvalue weighted by Crippen LogP contribution is -2.50. The fourth-order valence-electron chi connectivity index (χ4n) is 5.14. The van der Waals surface area contributed by atoms with Gasteiger partial charge >= 0.3 is 0 Å². The number of carbonyl (C=O) groups is 2. The van der Waals surface area contributed by atoms with Crippen molar-refractivity contribution < 1.29 is 9.59 Å². The molecule has 2 aliphatic carbocycles. The first kappa shape index (κ1) is 22.6. The fourth-order valence-corrected chi connectivity index (χ4v) is 5.14. The SMILES string of the molecule is CN(C)C(=O)CN=C(NC1CCc2ccccc2C1)NC1CCN(C(=O)C2CCCC2)C1. The number of fused-ring (bicyclic) bond motifs is 1. The summed E-state index contributed by atoms with van der Waals surface area (Å²) in [5, 5.41) is 7.11. The van der Waals surface area contributed by atoms with Crippen LogP contribution in [-0.4, -0.2) is 73.4 Å². The summed E-state index contributed by atoms with van der Waals surface area (Å²) in [6, 6.07) is 9.06. The van der Waals surface area contributed by atoms with E-state index >= 15 is 0 Å². The first-order valence-corrected chi connectivity index (χ1v) is 12.1. The number of hydrogen-bond donors (Lipinski definition) is 2. The van der Waals surface area contributed by atoms with Gasteiger partial charge in [-0.25, -0.2) is 4.99 Å². The van der Waals surface area contributed by atoms with E-state index in [0.29, 0.717) is 18.4 Å². The van der Waals surface area contributed by atoms with Crippen molar-refractivity contribution >= 4 is 17.8 Å². The Morgan fingerprint density at radius 1 is 1.03 bits per heavy atom. The molecule has 1 aromatic carbocycles. The lowest BCUT2D eigenvalue weighted by Gasteiger charge is -2.28. The van der Waals surface area contributed by atoms with Crippen LogP contribution in [0, 0.1) is 5.92 Å². The Labute approximate surface area is 191 Å². The van der Waals surface area contributed by atoms with Crippen molar-refractivity contribution in [2.45, 2.75) is 63.5 Å². The number of guanidine groups is 1. The van der Waals surface area contributed by atoms with E-state index in [9.17, 15) is 9.59 Å². The number of carbonyl (C=O) groups excluding carboxylic acids is 2. The van der Waals surface area contributed by atoms with Crippen molar-refractivity contribution in [1.29, 1.82) is 0 Å². The summed E-state index contributed by atoms with van der Waals surface area (Å²) >= 11 is 0. The monoisotopic (exact) mass is 439 g/mol. The van der Waals surface area contributed by atoms with E-state index < -0.39 is 0 Å². The van der Waals surface area contributed by atoms with E-state index in [0.717, 1.165) is 45.1 Å². The van der Waals surface area contributed by atoms with Crippen LogP contribution >= 0.6 is 0 Å². The summed E-state index contributed by atoms with van der Waals surface area (Å²) < 4.78 is 0. The number of rotatable bonds is 5. The number of hydrogen-bond acceptors (Lipinski definition) is 3. The van der Waals surface area contributed by atoms with Gasteiger partial charge in [-0.15, -0.1) is 0 Å². The normalized spacial score (nSPS) is 23.7. The molecule has 2 atom stereocenters. The van der Waals surface area contributed by atoms with Crippen LogP contribution in [0.25, 0.3) is 0 Å². The van der Waals surface area contributed by atoms with Gasteiger partial charge in [-0.1, -0.05) is 37.1 Å². The average molecular weight is 440 g/mol. The molecule has 0 bridgehead atoms. The molecule has 0 aromatic heterocycles. The van der Waals surface area contributed by atoms with Crippen LogP contribution in [0.15, 0.2) is 29.3 Å². The minimum atomic E-state index is -0.0236. The maximum absolute atomic E-state index is 12.8. The highest BCUT2D eigenvalue weighted by atomic mass is 16.2. The van der Waals surface area contributed by atoms with E-state index in [1.54, 1.807) is 19.0 Å². The molecule has 174 valence electrons. The lowest BCUT2D eigenvalue weighted by molar-refractivity contribution is -0.134. The van der Waals surface area contributed by atoms with Crippen molar-refractivity contribution in [3.05, 3.63) is 35.4 Å². The highest BCUT2D eigenvalue weighted by molar-refractivity contribution is 5.85. The molecule has 32 heavy (non-hydrogen) atoms. The van der Waals surface area contributed by atoms with Crippen LogP contribution in [-0.2, 0) is 22.4 Å². The van der Waals surface area contributed by atoms with Gasteiger partial charge in [-0.05, 0) is 49.7 Å². The van der Waals surface area contributed by atoms with Gasteiger partial charge in [0.25, 0.3) is 0 Å². The molecule has 2 fully saturated rings. The smallest absolute Gasteiger partial charge is 0.243 e. The molecule has 1 saturated carbocycles. The maximum atomic E-state index is 12.8. The Balaban J connectivity index is 1.38. The van der Waals surface area contributed by atoms with E-state index in [1.807, 2.05) is 4.90 Å². The number of nitrogens with zero attached hydrogens (tertiary/aromatic N) is 3. The number of nitrogens with one attached hydrogen (secondary N) is 2. The molecule has 2 amide bonds. The summed E-state index contributed by atoms with van der Waals surface area (Å²) in [4.78, 5) is 33.1. The minimum absolute atomic E-state index is 0.0236. The Hall–Kier alpha value is -2.57. The lowest BCUT2D eigenvalue weighted by atomic mass is 9.88. The third-order valence-electron chi connectivity index (χ3n) is 7.10. The van der Waals surface area contributed by atoms with Crippen molar-refractivity contribution in [2.24, 2.45) is 10.9 Å². The number of aliphatic imine (C=N–C) groups is 1. The molecule has 0 spiro atoms. The number of likely N-dealkylation sites (tertiary alicyclic amines) is 1. The fraction of sp³-hybridized carbons (Fsp3) is 0.640. The molecule has 7 nitrogen and oxygen atoms in total. The van der Waals surface area contributed by atoms with Crippen LogP contribution in [0.1, 0.15) is 49.7 Å². The summed E-state index contributed by atoms with van der Waals surface area (Å²) in [6.45, 7) is 1.63. The number of aryl methyl sites for hydroxylation is 1. The first-order chi connectivity index (χ1) is 15.5. The number of likely N-dealkylation sites (N-methyl/N-ethyl adjacent to an activating group) is 1. The molecule has 2 unspecified atom stereocenters. The van der Waals surface area contributed by atoms with Gasteiger partial charge in [0.1, 0.15) is 6.54 Å². The van der Waals surface area contributed by atoms with Crippen LogP contribution in [0.5, 0.6) is 0 Å². The molecule has 1 aromatic rings. The standard InChI is InChI=1S/C25H37N5O2/c1-29(2)23(31)16-26-25(27-21-12-11-18-7-3-6-10-20(18)15-21)28-22-13-14-30(17-22)24(32)19-8-4-5-9-19/h3,6-7,10,19,21-22H,4-5,8-9,11-17H2,1-2H3,(H2,26,27,28). The highest BCUT2D eigenvalue weighted by Gasteiger charge is 2.33. The molecule has 2 N–H and O–H groups in total. The maximum Gasteiger partial charge on any atom is 0.243 e. The highest BCUT2D eigenvalue weighted by Crippen LogP contribution is 2.28. The zero-order chi connectivity index (χ0) is 22.5. The second-order valence-corrected chi connectivity index (χ2v) is 9.70. The zero-order valence-electron chi connectivity index (χ0n) is 19.5. The predicted octanol–water partition coefficient (Wildman–Crippen LogP) is 1.96. The molecule has 7 heteroatoms. The van der Waals surface area contributed by atoms with Crippen LogP contribution < -0.4 is 10.6 Å². The van der Waals surface area contributed by atoms with Gasteiger partial charge < -0.3 is 20.4 Å². The summed E-state index contributed by atoms with van der Waals surface area (Å²) in [7, 11) is 3.50. The van der Waals surface area contributed by atoms with Crippen LogP contribution in [0.3, 0.4) is 0 Å². The zero-order valence-corrected chi connectivity index (χ0v) is 19.5. The van der Waals surface area contributed by atoms with E-state index in [-0.39, 0.29) is 30.5 Å². The molecule has 4 rings (SSSR count). The predicted molar refractivity (Wildman–Crippen MR) is 126 cm³/mol. The molecule has 3 aliphatic rings. The first-order valence-electron chi connectivity index (χ1n) is 12.1. The van der Waals surface area contributed by atoms with Crippen LogP contribution in [0.2, 0.25) is 0 Å². The second kappa shape index (κ2) is 10.4. The van der Waals surface area contributed by atoms with Crippen molar-refractivity contribution in [2.75, 3.05) is 33.7 Å². The summed E-state index contributed by atoms with van der Waals surface area (Å²) in [5.74, 6) is 1.21. The van der Waals surface area contributed by atoms with Crippen molar-refractivity contribution in [3.63, 3.8) is 0 Å². The van der Waals surface area contributed by atoms with Crippen molar-refractivity contribution in [1.82, 2.24) is 20.4 Å². The van der Waals surface area contributed by atoms with Gasteiger partial charge in [0.05, 0.1) is 0 Å². The number of amides is 2. The number of benzene rings is 1. The third-order valence-corrected chi connectivity index (χ3v) is 7.10.